The second-order valence-electron chi connectivity index (χ2n) is 3.39. The van der Waals surface area contributed by atoms with E-state index in [4.69, 9.17) is 11.1 Å². The molecule has 1 aliphatic carbocycles. The summed E-state index contributed by atoms with van der Waals surface area (Å²) in [5, 5.41) is 1.32. The first-order chi connectivity index (χ1) is 6.22. The minimum atomic E-state index is -0.528. The molecule has 0 N–H and O–H groups in total. The lowest BCUT2D eigenvalue weighted by molar-refractivity contribution is 1.47. The largest absolute Gasteiger partial charge is 0.170 e. The number of benzene rings is 1. The van der Waals surface area contributed by atoms with Crippen molar-refractivity contribution in [2.24, 2.45) is 0 Å². The van der Waals surface area contributed by atoms with Gasteiger partial charge in [-0.3, -0.25) is 0 Å². The molecule has 1 aromatic rings. The Balaban J connectivity index is 2.37. The highest BCUT2D eigenvalue weighted by Crippen LogP contribution is 2.35. The number of halogens is 1. The summed E-state index contributed by atoms with van der Waals surface area (Å²) in [6, 6.07) is 6.49. The van der Waals surface area contributed by atoms with Crippen molar-refractivity contribution in [3.8, 4) is 0 Å². The molecular formula is C11H11ClSi. The quantitative estimate of drug-likeness (QED) is 0.514. The molecule has 0 bridgehead atoms. The van der Waals surface area contributed by atoms with Crippen LogP contribution in [0.4, 0.5) is 0 Å². The number of rotatable bonds is 2. The molecule has 13 heavy (non-hydrogen) atoms. The van der Waals surface area contributed by atoms with Gasteiger partial charge in [0.05, 0.1) is 0 Å². The van der Waals surface area contributed by atoms with Gasteiger partial charge in [0.15, 0.2) is 8.83 Å². The van der Waals surface area contributed by atoms with Gasteiger partial charge in [-0.15, -0.1) is 0 Å². The average Bonchev–Trinajstić information content (AvgIpc) is 2.06. The fraction of sp³-hybridized carbons (Fsp3) is 0.0909. The summed E-state index contributed by atoms with van der Waals surface area (Å²) in [5.74, 6) is 0. The van der Waals surface area contributed by atoms with E-state index in [1.807, 2.05) is 6.92 Å². The molecule has 0 spiro atoms. The third-order valence-corrected chi connectivity index (χ3v) is 3.99. The lowest BCUT2D eigenvalue weighted by Crippen LogP contribution is -2.12. The van der Waals surface area contributed by atoms with E-state index in [9.17, 15) is 0 Å². The minimum absolute atomic E-state index is 0.528. The molecule has 0 amide bonds. The average molecular weight is 207 g/mol. The van der Waals surface area contributed by atoms with Crippen LogP contribution >= 0.6 is 11.1 Å². The summed E-state index contributed by atoms with van der Waals surface area (Å²) >= 11 is 5.87. The molecular weight excluding hydrogens is 196 g/mol. The Labute approximate surface area is 85.5 Å². The summed E-state index contributed by atoms with van der Waals surface area (Å²) < 4.78 is 0. The maximum absolute atomic E-state index is 5.87. The van der Waals surface area contributed by atoms with Crippen molar-refractivity contribution in [3.05, 3.63) is 41.5 Å². The van der Waals surface area contributed by atoms with E-state index in [0.29, 0.717) is 0 Å². The van der Waals surface area contributed by atoms with Crippen LogP contribution in [0.3, 0.4) is 0 Å². The van der Waals surface area contributed by atoms with Crippen LogP contribution in [0.1, 0.15) is 18.1 Å². The molecule has 0 atom stereocenters. The van der Waals surface area contributed by atoms with Crippen LogP contribution in [0.25, 0.3) is 11.6 Å². The van der Waals surface area contributed by atoms with E-state index in [1.165, 1.54) is 21.9 Å². The van der Waals surface area contributed by atoms with Gasteiger partial charge in [-0.2, -0.15) is 11.1 Å². The van der Waals surface area contributed by atoms with Crippen LogP contribution in [0.2, 0.25) is 0 Å². The van der Waals surface area contributed by atoms with Crippen molar-refractivity contribution in [1.82, 2.24) is 0 Å². The fourth-order valence-corrected chi connectivity index (χ4v) is 2.57. The molecule has 2 rings (SSSR count). The highest BCUT2D eigenvalue weighted by molar-refractivity contribution is 7.01. The number of allylic oxidation sites excluding steroid dienone is 2. The van der Waals surface area contributed by atoms with E-state index in [0.717, 1.165) is 5.57 Å². The Bertz CT molecular complexity index is 405. The minimum Gasteiger partial charge on any atom is -0.170 e. The number of hydrogen-bond donors (Lipinski definition) is 0. The van der Waals surface area contributed by atoms with Crippen molar-refractivity contribution in [1.29, 1.82) is 0 Å². The Hall–Kier alpha value is -0.793. The summed E-state index contributed by atoms with van der Waals surface area (Å²) in [4.78, 5) is 0. The number of hydrogen-bond acceptors (Lipinski definition) is 0. The molecule has 0 aromatic heterocycles. The Morgan fingerprint density at radius 1 is 1.46 bits per heavy atom. The molecule has 0 nitrogen and oxygen atoms in total. The zero-order chi connectivity index (χ0) is 9.42. The summed E-state index contributed by atoms with van der Waals surface area (Å²) in [6.45, 7) is 5.97. The lowest BCUT2D eigenvalue weighted by Gasteiger charge is -2.20. The second-order valence-corrected chi connectivity index (χ2v) is 5.28. The first-order valence-corrected chi connectivity index (χ1v) is 7.13. The molecule has 0 aliphatic heterocycles. The van der Waals surface area contributed by atoms with Crippen LogP contribution in [0, 0.1) is 0 Å². The van der Waals surface area contributed by atoms with E-state index in [2.05, 4.69) is 30.9 Å². The second kappa shape index (κ2) is 3.16. The smallest absolute Gasteiger partial charge is 0.155 e. The topological polar surface area (TPSA) is 0 Å². The highest BCUT2D eigenvalue weighted by Gasteiger charge is 2.16. The van der Waals surface area contributed by atoms with E-state index < -0.39 is 8.83 Å². The van der Waals surface area contributed by atoms with Crippen LogP contribution in [-0.2, 0) is 0 Å². The van der Waals surface area contributed by atoms with E-state index in [-0.39, 0.29) is 0 Å². The molecule has 1 aliphatic rings. The maximum atomic E-state index is 5.87. The molecule has 0 fully saturated rings. The third kappa shape index (κ3) is 1.38. The zero-order valence-electron chi connectivity index (χ0n) is 7.60. The Morgan fingerprint density at radius 3 is 2.77 bits per heavy atom. The SMILES string of the molecule is C=C(C)C1=Cc2cc([SiH2]Cl)ccc21. The lowest BCUT2D eigenvalue weighted by atomic mass is 9.85. The monoisotopic (exact) mass is 206 g/mol. The van der Waals surface area contributed by atoms with E-state index in [1.54, 1.807) is 0 Å². The van der Waals surface area contributed by atoms with Gasteiger partial charge in [-0.05, 0) is 34.9 Å². The van der Waals surface area contributed by atoms with Crippen LogP contribution in [0.5, 0.6) is 0 Å². The van der Waals surface area contributed by atoms with Gasteiger partial charge < -0.3 is 0 Å². The standard InChI is InChI=1S/C11H11ClSi/c1-7(2)11-6-8-5-9(13-12)3-4-10(8)11/h3-6H,1,13H2,2H3. The third-order valence-electron chi connectivity index (χ3n) is 2.32. The van der Waals surface area contributed by atoms with Gasteiger partial charge in [-0.25, -0.2) is 0 Å². The fourth-order valence-electron chi connectivity index (χ4n) is 1.57. The predicted molar refractivity (Wildman–Crippen MR) is 63.2 cm³/mol. The van der Waals surface area contributed by atoms with Gasteiger partial charge in [0.2, 0.25) is 0 Å². The molecule has 0 radical (unpaired) electrons. The van der Waals surface area contributed by atoms with Gasteiger partial charge >= 0.3 is 0 Å². The number of fused-ring (bicyclic) bond motifs is 1. The molecule has 0 heterocycles. The summed E-state index contributed by atoms with van der Waals surface area (Å²) in [5.41, 5.74) is 5.08. The molecule has 0 saturated heterocycles. The Morgan fingerprint density at radius 2 is 2.23 bits per heavy atom. The normalized spacial score (nSPS) is 13.8. The van der Waals surface area contributed by atoms with E-state index >= 15 is 0 Å². The first-order valence-electron chi connectivity index (χ1n) is 4.29. The van der Waals surface area contributed by atoms with Gasteiger partial charge in [0, 0.05) is 0 Å². The van der Waals surface area contributed by atoms with Crippen molar-refractivity contribution in [2.45, 2.75) is 6.92 Å². The van der Waals surface area contributed by atoms with Crippen LogP contribution in [0.15, 0.2) is 30.4 Å². The first kappa shape index (κ1) is 8.79. The summed E-state index contributed by atoms with van der Waals surface area (Å²) in [6.07, 6.45) is 2.18. The van der Waals surface area contributed by atoms with Gasteiger partial charge in [0.1, 0.15) is 0 Å². The Kier molecular flexibility index (Phi) is 2.14. The predicted octanol–water partition coefficient (Wildman–Crippen LogP) is 2.06. The zero-order valence-corrected chi connectivity index (χ0v) is 9.77. The van der Waals surface area contributed by atoms with Crippen molar-refractivity contribution in [3.63, 3.8) is 0 Å². The van der Waals surface area contributed by atoms with Crippen molar-refractivity contribution < 1.29 is 0 Å². The van der Waals surface area contributed by atoms with Crippen molar-refractivity contribution >= 4 is 36.7 Å². The summed E-state index contributed by atoms with van der Waals surface area (Å²) in [7, 11) is -0.528. The molecule has 2 heteroatoms. The molecule has 66 valence electrons. The molecule has 1 aromatic carbocycles. The van der Waals surface area contributed by atoms with Crippen LogP contribution < -0.4 is 5.19 Å². The molecule has 0 saturated carbocycles. The van der Waals surface area contributed by atoms with Crippen molar-refractivity contribution in [2.75, 3.05) is 0 Å². The van der Waals surface area contributed by atoms with Crippen LogP contribution in [-0.4, -0.2) is 8.83 Å². The molecule has 0 unspecified atom stereocenters. The maximum Gasteiger partial charge on any atom is 0.155 e. The van der Waals surface area contributed by atoms with Gasteiger partial charge in [0.25, 0.3) is 0 Å². The highest BCUT2D eigenvalue weighted by atomic mass is 35.6. The van der Waals surface area contributed by atoms with Gasteiger partial charge in [-0.1, -0.05) is 30.4 Å².